The third-order valence-corrected chi connectivity index (χ3v) is 12.3. The third kappa shape index (κ3) is 10.0. The first kappa shape index (κ1) is 45.9. The van der Waals surface area contributed by atoms with Crippen molar-refractivity contribution in [3.05, 3.63) is 154 Å². The lowest BCUT2D eigenvalue weighted by atomic mass is 9.80. The monoisotopic (exact) mass is 869 g/mol. The summed E-state index contributed by atoms with van der Waals surface area (Å²) in [5.41, 5.74) is -0.239. The maximum absolute atomic E-state index is 17.4. The van der Waals surface area contributed by atoms with Crippen molar-refractivity contribution in [3.8, 4) is 17.6 Å². The molecule has 62 heavy (non-hydrogen) atoms. The summed E-state index contributed by atoms with van der Waals surface area (Å²) in [4.78, 5) is 30.4. The van der Waals surface area contributed by atoms with Crippen molar-refractivity contribution in [3.63, 3.8) is 0 Å². The summed E-state index contributed by atoms with van der Waals surface area (Å²) >= 11 is 0. The van der Waals surface area contributed by atoms with Crippen molar-refractivity contribution in [2.45, 2.75) is 76.2 Å². The van der Waals surface area contributed by atoms with Gasteiger partial charge in [-0.2, -0.15) is 19.0 Å². The summed E-state index contributed by atoms with van der Waals surface area (Å²) in [6.45, 7) is 7.00. The first-order chi connectivity index (χ1) is 29.8. The third-order valence-electron chi connectivity index (χ3n) is 10.2. The molecule has 1 amide bonds. The molecule has 0 aliphatic carbocycles. The number of hydrogen-bond acceptors (Lipinski definition) is 11. The fraction of sp³-hybridized carbons (Fsp3) is 0.348. The number of nitrogens with zero attached hydrogens (tertiary/aromatic N) is 4. The van der Waals surface area contributed by atoms with E-state index in [0.29, 0.717) is 38.3 Å². The normalized spacial score (nSPS) is 17.8. The predicted octanol–water partition coefficient (Wildman–Crippen LogP) is 8.72. The summed E-state index contributed by atoms with van der Waals surface area (Å²) in [6, 6.07) is 34.9. The molecule has 0 bridgehead atoms. The number of hydrogen-bond donors (Lipinski definition) is 1. The van der Waals surface area contributed by atoms with Gasteiger partial charge in [0.15, 0.2) is 6.10 Å². The summed E-state index contributed by atoms with van der Waals surface area (Å²) in [6.07, 6.45) is -4.71. The molecular weight excluding hydrogens is 820 g/mol. The molecule has 13 nitrogen and oxygen atoms in total. The van der Waals surface area contributed by atoms with Gasteiger partial charge in [-0.15, -0.1) is 0 Å². The molecule has 0 spiro atoms. The number of anilines is 1. The lowest BCUT2D eigenvalue weighted by Crippen LogP contribution is -2.45. The molecule has 4 aromatic carbocycles. The van der Waals surface area contributed by atoms with Crippen molar-refractivity contribution >= 4 is 20.3 Å². The molecule has 1 aromatic heterocycles. The van der Waals surface area contributed by atoms with Crippen molar-refractivity contribution < 1.29 is 41.6 Å². The van der Waals surface area contributed by atoms with Crippen LogP contribution >= 0.6 is 8.53 Å². The molecule has 1 N–H and O–H groups in total. The predicted molar refractivity (Wildman–Crippen MR) is 230 cm³/mol. The Balaban J connectivity index is 1.44. The molecule has 1 saturated heterocycles. The number of amides is 1. The minimum atomic E-state index is -3.90. The Bertz CT molecular complexity index is 2280. The van der Waals surface area contributed by atoms with Gasteiger partial charge in [0, 0.05) is 23.8 Å². The maximum atomic E-state index is 17.4. The summed E-state index contributed by atoms with van der Waals surface area (Å²) in [5.74, 6) is -3.39. The molecule has 1 fully saturated rings. The number of ether oxygens (including phenoxy) is 4. The molecular formula is C46H50F2N5O8P. The van der Waals surface area contributed by atoms with Crippen LogP contribution < -0.4 is 20.5 Å². The SMILES string of the molecule is COc1ccc(C(OCC2OC(n3ccc(NC(=O)c4ccccc4)nc3=O)C(F)(F)C2OP(OCCC#N)N(C(C)C)C(C)C)(c2ccccc2)c2ccc(OC)cc2)cc1. The molecule has 326 valence electrons. The summed E-state index contributed by atoms with van der Waals surface area (Å²) in [5, 5.41) is 11.9. The quantitative estimate of drug-likeness (QED) is 0.0483. The second-order valence-electron chi connectivity index (χ2n) is 14.9. The summed E-state index contributed by atoms with van der Waals surface area (Å²) in [7, 11) is 0.877. The van der Waals surface area contributed by atoms with Crippen molar-refractivity contribution in [1.82, 2.24) is 14.2 Å². The minimum absolute atomic E-state index is 0.00348. The maximum Gasteiger partial charge on any atom is 0.351 e. The second-order valence-corrected chi connectivity index (χ2v) is 16.3. The van der Waals surface area contributed by atoms with E-state index in [4.69, 9.17) is 28.0 Å². The molecule has 4 unspecified atom stereocenters. The number of alkyl halides is 2. The van der Waals surface area contributed by atoms with Crippen LogP contribution in [0.25, 0.3) is 0 Å². The van der Waals surface area contributed by atoms with Crippen LogP contribution in [0.15, 0.2) is 126 Å². The van der Waals surface area contributed by atoms with Crippen molar-refractivity contribution in [2.75, 3.05) is 32.8 Å². The van der Waals surface area contributed by atoms with Crippen LogP contribution in [0.3, 0.4) is 0 Å². The number of aromatic nitrogens is 2. The molecule has 1 aliphatic rings. The van der Waals surface area contributed by atoms with Crippen LogP contribution in [0.2, 0.25) is 0 Å². The van der Waals surface area contributed by atoms with E-state index in [0.717, 1.165) is 6.20 Å². The number of rotatable bonds is 19. The average molecular weight is 870 g/mol. The van der Waals surface area contributed by atoms with Gasteiger partial charge in [0.05, 0.1) is 39.9 Å². The topological polar surface area (TPSA) is 146 Å². The Morgan fingerprint density at radius 3 is 1.95 bits per heavy atom. The molecule has 4 atom stereocenters. The van der Waals surface area contributed by atoms with Crippen LogP contribution in [0.1, 0.15) is 67.4 Å². The zero-order valence-electron chi connectivity index (χ0n) is 35.3. The van der Waals surface area contributed by atoms with E-state index in [2.05, 4.69) is 10.3 Å². The van der Waals surface area contributed by atoms with E-state index in [1.165, 1.54) is 6.07 Å². The zero-order chi connectivity index (χ0) is 44.4. The Morgan fingerprint density at radius 2 is 1.44 bits per heavy atom. The van der Waals surface area contributed by atoms with Gasteiger partial charge in [0.1, 0.15) is 29.0 Å². The fourth-order valence-electron chi connectivity index (χ4n) is 7.34. The highest BCUT2D eigenvalue weighted by Crippen LogP contribution is 2.54. The number of halogens is 2. The molecule has 6 rings (SSSR count). The molecule has 5 aromatic rings. The molecule has 0 radical (unpaired) electrons. The van der Waals surface area contributed by atoms with E-state index < -0.39 is 56.7 Å². The smallest absolute Gasteiger partial charge is 0.351 e. The van der Waals surface area contributed by atoms with E-state index in [1.54, 1.807) is 68.8 Å². The van der Waals surface area contributed by atoms with Crippen molar-refractivity contribution in [2.24, 2.45) is 0 Å². The van der Waals surface area contributed by atoms with Gasteiger partial charge < -0.3 is 33.3 Å². The Kier molecular flexibility index (Phi) is 15.2. The second kappa shape index (κ2) is 20.5. The highest BCUT2D eigenvalue weighted by atomic mass is 31.2. The van der Waals surface area contributed by atoms with Gasteiger partial charge in [-0.05, 0) is 86.8 Å². The zero-order valence-corrected chi connectivity index (χ0v) is 36.2. The Hall–Kier alpha value is -5.59. The number of methoxy groups -OCH3 is 2. The Labute approximate surface area is 361 Å². The standard InChI is InChI=1S/C46H50F2N5O8P/c1-31(2)53(32(3)4)62(59-29-13-27-49)61-41-39(60-43(46(41,47)48)52-28-26-40(51-44(52)55)50-42(54)33-14-9-7-10-15-33)30-58-45(34-16-11-8-12-17-34,35-18-22-37(56-5)23-19-35)36-20-24-38(57-6)25-21-36/h7-12,14-26,28,31-32,39,41,43H,13,29-30H2,1-6H3,(H,50,51,54,55). The lowest BCUT2D eigenvalue weighted by Gasteiger charge is -2.39. The van der Waals surface area contributed by atoms with Crippen LogP contribution in [0, 0.1) is 11.3 Å². The molecule has 1 aliphatic heterocycles. The van der Waals surface area contributed by atoms with Crippen LogP contribution in [-0.2, 0) is 24.1 Å². The highest BCUT2D eigenvalue weighted by Gasteiger charge is 2.63. The number of nitriles is 1. The van der Waals surface area contributed by atoms with Crippen LogP contribution in [0.4, 0.5) is 14.6 Å². The van der Waals surface area contributed by atoms with Crippen molar-refractivity contribution in [1.29, 1.82) is 5.26 Å². The number of carbonyl (C=O) groups is 1. The average Bonchev–Trinajstić information content (AvgIpc) is 3.52. The van der Waals surface area contributed by atoms with E-state index in [9.17, 15) is 14.9 Å². The molecule has 0 saturated carbocycles. The van der Waals surface area contributed by atoms with E-state index in [1.807, 2.05) is 93.0 Å². The van der Waals surface area contributed by atoms with Gasteiger partial charge >= 0.3 is 11.6 Å². The van der Waals surface area contributed by atoms with Gasteiger partial charge in [-0.25, -0.2) is 9.46 Å². The first-order valence-corrected chi connectivity index (χ1v) is 21.2. The minimum Gasteiger partial charge on any atom is -0.497 e. The number of benzene rings is 4. The van der Waals surface area contributed by atoms with Gasteiger partial charge in [-0.3, -0.25) is 9.36 Å². The van der Waals surface area contributed by atoms with Gasteiger partial charge in [0.2, 0.25) is 6.23 Å². The molecule has 2 heterocycles. The van der Waals surface area contributed by atoms with E-state index in [-0.39, 0.29) is 30.9 Å². The summed E-state index contributed by atoms with van der Waals surface area (Å²) < 4.78 is 74.0. The number of nitrogens with one attached hydrogen (secondary N) is 1. The lowest BCUT2D eigenvalue weighted by molar-refractivity contribution is -0.138. The van der Waals surface area contributed by atoms with E-state index >= 15 is 8.78 Å². The van der Waals surface area contributed by atoms with Gasteiger partial charge in [-0.1, -0.05) is 72.8 Å². The highest BCUT2D eigenvalue weighted by molar-refractivity contribution is 7.44. The largest absolute Gasteiger partial charge is 0.497 e. The van der Waals surface area contributed by atoms with Crippen LogP contribution in [0.5, 0.6) is 11.5 Å². The fourth-order valence-corrected chi connectivity index (χ4v) is 9.12. The first-order valence-electron chi connectivity index (χ1n) is 20.1. The van der Waals surface area contributed by atoms with Crippen LogP contribution in [-0.4, -0.2) is 77.8 Å². The number of carbonyl (C=O) groups excluding carboxylic acids is 1. The van der Waals surface area contributed by atoms with Gasteiger partial charge in [0.25, 0.3) is 14.4 Å². The molecule has 16 heteroatoms. The Morgan fingerprint density at radius 1 is 0.887 bits per heavy atom.